The van der Waals surface area contributed by atoms with Crippen molar-refractivity contribution in [2.75, 3.05) is 0 Å². The van der Waals surface area contributed by atoms with Gasteiger partial charge in [-0.25, -0.2) is 0 Å². The number of nitrogens with zero attached hydrogens (tertiary/aromatic N) is 2. The van der Waals surface area contributed by atoms with Crippen LogP contribution in [0.25, 0.3) is 0 Å². The van der Waals surface area contributed by atoms with Crippen molar-refractivity contribution in [1.82, 2.24) is 20.6 Å². The van der Waals surface area contributed by atoms with Gasteiger partial charge in [-0.1, -0.05) is 34.1 Å². The summed E-state index contributed by atoms with van der Waals surface area (Å²) in [6.45, 7) is 1.01. The van der Waals surface area contributed by atoms with Crippen molar-refractivity contribution in [2.24, 2.45) is 0 Å². The lowest BCUT2D eigenvalue weighted by Crippen LogP contribution is -2.37. The summed E-state index contributed by atoms with van der Waals surface area (Å²) in [5.74, 6) is -0.0798. The van der Waals surface area contributed by atoms with Crippen molar-refractivity contribution in [3.8, 4) is 0 Å². The third-order valence-corrected chi connectivity index (χ3v) is 4.39. The van der Waals surface area contributed by atoms with Crippen LogP contribution in [0.2, 0.25) is 0 Å². The number of hydrogen-bond donors (Lipinski definition) is 2. The van der Waals surface area contributed by atoms with Crippen molar-refractivity contribution in [2.45, 2.75) is 19.1 Å². The van der Waals surface area contributed by atoms with E-state index in [1.54, 1.807) is 24.8 Å². The molecule has 0 bridgehead atoms. The van der Waals surface area contributed by atoms with Crippen LogP contribution in [0.4, 0.5) is 0 Å². The highest BCUT2D eigenvalue weighted by Crippen LogP contribution is 2.19. The number of benzene rings is 1. The molecule has 0 saturated carbocycles. The van der Waals surface area contributed by atoms with Gasteiger partial charge >= 0.3 is 0 Å². The molecular formula is C20H19BrN4O. The van der Waals surface area contributed by atoms with Crippen LogP contribution in [-0.2, 0) is 17.9 Å². The van der Waals surface area contributed by atoms with Gasteiger partial charge in [-0.05, 0) is 47.0 Å². The van der Waals surface area contributed by atoms with Crippen molar-refractivity contribution >= 4 is 21.8 Å². The van der Waals surface area contributed by atoms with E-state index in [-0.39, 0.29) is 5.91 Å². The first-order chi connectivity index (χ1) is 12.7. The van der Waals surface area contributed by atoms with Crippen molar-refractivity contribution in [3.63, 3.8) is 0 Å². The van der Waals surface area contributed by atoms with Gasteiger partial charge in [-0.3, -0.25) is 20.1 Å². The molecule has 1 atom stereocenters. The molecule has 0 aliphatic heterocycles. The topological polar surface area (TPSA) is 66.9 Å². The van der Waals surface area contributed by atoms with Gasteiger partial charge in [0.15, 0.2) is 0 Å². The quantitative estimate of drug-likeness (QED) is 0.626. The maximum absolute atomic E-state index is 12.8. The van der Waals surface area contributed by atoms with E-state index in [9.17, 15) is 4.79 Å². The zero-order valence-electron chi connectivity index (χ0n) is 14.1. The normalized spacial score (nSPS) is 11.7. The first kappa shape index (κ1) is 18.2. The molecule has 26 heavy (non-hydrogen) atoms. The molecule has 0 aliphatic carbocycles. The summed E-state index contributed by atoms with van der Waals surface area (Å²) in [5, 5.41) is 6.32. The number of carbonyl (C=O) groups is 1. The molecule has 0 radical (unpaired) electrons. The van der Waals surface area contributed by atoms with Crippen molar-refractivity contribution < 1.29 is 4.79 Å². The van der Waals surface area contributed by atoms with Gasteiger partial charge in [0.2, 0.25) is 5.91 Å². The van der Waals surface area contributed by atoms with E-state index in [1.165, 1.54) is 0 Å². The zero-order valence-corrected chi connectivity index (χ0v) is 15.7. The number of carbonyl (C=O) groups excluding carboxylic acids is 1. The molecule has 0 spiro atoms. The zero-order chi connectivity index (χ0) is 18.2. The standard InChI is InChI=1S/C20H19BrN4O/c21-18-5-1-4-17(11-18)19(24-14-16-3-2-8-23-12-16)20(26)25-13-15-6-9-22-10-7-15/h1-12,19,24H,13-14H2,(H,25,26). The average molecular weight is 411 g/mol. The van der Waals surface area contributed by atoms with Crippen molar-refractivity contribution in [3.05, 3.63) is 94.5 Å². The Labute approximate surface area is 161 Å². The first-order valence-corrected chi connectivity index (χ1v) is 9.06. The molecule has 1 aromatic carbocycles. The van der Waals surface area contributed by atoms with E-state index in [0.717, 1.165) is 21.2 Å². The Bertz CT molecular complexity index is 843. The predicted octanol–water partition coefficient (Wildman–Crippen LogP) is 3.39. The molecule has 0 saturated heterocycles. The fourth-order valence-electron chi connectivity index (χ4n) is 2.56. The fraction of sp³-hybridized carbons (Fsp3) is 0.150. The SMILES string of the molecule is O=C(NCc1ccncc1)C(NCc1cccnc1)c1cccc(Br)c1. The molecule has 0 aliphatic rings. The van der Waals surface area contributed by atoms with Gasteiger partial charge in [0.25, 0.3) is 0 Å². The lowest BCUT2D eigenvalue weighted by atomic mass is 10.1. The number of pyridine rings is 2. The number of aromatic nitrogens is 2. The van der Waals surface area contributed by atoms with E-state index in [0.29, 0.717) is 13.1 Å². The molecule has 2 N–H and O–H groups in total. The predicted molar refractivity (Wildman–Crippen MR) is 104 cm³/mol. The Kier molecular flexibility index (Phi) is 6.46. The van der Waals surface area contributed by atoms with Crippen LogP contribution in [0.5, 0.6) is 0 Å². The molecule has 1 unspecified atom stereocenters. The van der Waals surface area contributed by atoms with Gasteiger partial charge in [-0.15, -0.1) is 0 Å². The van der Waals surface area contributed by atoms with E-state index in [2.05, 4.69) is 36.5 Å². The van der Waals surface area contributed by atoms with E-state index in [4.69, 9.17) is 0 Å². The summed E-state index contributed by atoms with van der Waals surface area (Å²) in [6.07, 6.45) is 6.96. The van der Waals surface area contributed by atoms with Gasteiger partial charge in [0.05, 0.1) is 0 Å². The van der Waals surface area contributed by atoms with Gasteiger partial charge in [0.1, 0.15) is 6.04 Å². The Morgan fingerprint density at radius 3 is 2.54 bits per heavy atom. The van der Waals surface area contributed by atoms with Gasteiger partial charge < -0.3 is 5.32 Å². The minimum atomic E-state index is -0.463. The Morgan fingerprint density at radius 1 is 0.962 bits per heavy atom. The Morgan fingerprint density at radius 2 is 1.81 bits per heavy atom. The molecule has 2 heterocycles. The second kappa shape index (κ2) is 9.22. The number of nitrogens with one attached hydrogen (secondary N) is 2. The van der Waals surface area contributed by atoms with E-state index >= 15 is 0 Å². The van der Waals surface area contributed by atoms with Crippen LogP contribution < -0.4 is 10.6 Å². The van der Waals surface area contributed by atoms with Gasteiger partial charge in [-0.2, -0.15) is 0 Å². The summed E-state index contributed by atoms with van der Waals surface area (Å²) in [4.78, 5) is 20.9. The number of hydrogen-bond acceptors (Lipinski definition) is 4. The molecule has 0 fully saturated rings. The summed E-state index contributed by atoms with van der Waals surface area (Å²) in [6, 6.07) is 14.9. The fourth-order valence-corrected chi connectivity index (χ4v) is 2.98. The third-order valence-electron chi connectivity index (χ3n) is 3.89. The maximum Gasteiger partial charge on any atom is 0.242 e. The molecular weight excluding hydrogens is 392 g/mol. The largest absolute Gasteiger partial charge is 0.350 e. The molecule has 3 rings (SSSR count). The van der Waals surface area contributed by atoms with Crippen LogP contribution in [-0.4, -0.2) is 15.9 Å². The molecule has 6 heteroatoms. The summed E-state index contributed by atoms with van der Waals surface area (Å²) in [5.41, 5.74) is 2.93. The second-order valence-corrected chi connectivity index (χ2v) is 6.72. The van der Waals surface area contributed by atoms with E-state index < -0.39 is 6.04 Å². The molecule has 5 nitrogen and oxygen atoms in total. The lowest BCUT2D eigenvalue weighted by molar-refractivity contribution is -0.123. The minimum Gasteiger partial charge on any atom is -0.350 e. The number of amides is 1. The highest BCUT2D eigenvalue weighted by molar-refractivity contribution is 9.10. The van der Waals surface area contributed by atoms with Crippen LogP contribution >= 0.6 is 15.9 Å². The Hall–Kier alpha value is -2.57. The summed E-state index contributed by atoms with van der Waals surface area (Å²) < 4.78 is 0.935. The third kappa shape index (κ3) is 5.21. The highest BCUT2D eigenvalue weighted by atomic mass is 79.9. The van der Waals surface area contributed by atoms with E-state index in [1.807, 2.05) is 48.5 Å². The summed E-state index contributed by atoms with van der Waals surface area (Å²) >= 11 is 3.47. The number of halogens is 1. The minimum absolute atomic E-state index is 0.0798. The van der Waals surface area contributed by atoms with Gasteiger partial charge in [0, 0.05) is 42.3 Å². The monoisotopic (exact) mass is 410 g/mol. The average Bonchev–Trinajstić information content (AvgIpc) is 2.68. The Balaban J connectivity index is 1.72. The number of rotatable bonds is 7. The lowest BCUT2D eigenvalue weighted by Gasteiger charge is -2.19. The first-order valence-electron chi connectivity index (χ1n) is 8.27. The van der Waals surface area contributed by atoms with Crippen molar-refractivity contribution in [1.29, 1.82) is 0 Å². The molecule has 132 valence electrons. The smallest absolute Gasteiger partial charge is 0.242 e. The highest BCUT2D eigenvalue weighted by Gasteiger charge is 2.20. The maximum atomic E-state index is 12.8. The molecule has 3 aromatic rings. The summed E-state index contributed by atoms with van der Waals surface area (Å²) in [7, 11) is 0. The van der Waals surface area contributed by atoms with Crippen LogP contribution in [0.1, 0.15) is 22.7 Å². The van der Waals surface area contributed by atoms with Crippen LogP contribution in [0.3, 0.4) is 0 Å². The van der Waals surface area contributed by atoms with Crippen LogP contribution in [0.15, 0.2) is 77.8 Å². The second-order valence-electron chi connectivity index (χ2n) is 5.80. The molecule has 2 aromatic heterocycles. The van der Waals surface area contributed by atoms with Crippen LogP contribution in [0, 0.1) is 0 Å². The molecule has 1 amide bonds.